The van der Waals surface area contributed by atoms with Gasteiger partial charge in [-0.2, -0.15) is 37.5 Å². The van der Waals surface area contributed by atoms with Crippen LogP contribution < -0.4 is 10.6 Å². The lowest BCUT2D eigenvalue weighted by molar-refractivity contribution is -0.114. The molecule has 2 heterocycles. The summed E-state index contributed by atoms with van der Waals surface area (Å²) in [5.74, 6) is -0.649. The van der Waals surface area contributed by atoms with Crippen molar-refractivity contribution in [1.29, 1.82) is 10.5 Å². The lowest BCUT2D eigenvalue weighted by Crippen LogP contribution is -2.22. The minimum Gasteiger partial charge on any atom is -0.282 e. The van der Waals surface area contributed by atoms with Gasteiger partial charge in [0.05, 0.1) is 32.3 Å². The highest BCUT2D eigenvalue weighted by atomic mass is 32.2. The quantitative estimate of drug-likeness (QED) is 0.253. The predicted octanol–water partition coefficient (Wildman–Crippen LogP) is 2.10. The Hall–Kier alpha value is -4.87. The van der Waals surface area contributed by atoms with Crippen LogP contribution in [0, 0.1) is 22.7 Å². The number of H-pyrrole nitrogens is 1. The number of rotatable bonds is 8. The predicted molar refractivity (Wildman–Crippen MR) is 143 cm³/mol. The summed E-state index contributed by atoms with van der Waals surface area (Å²) in [6.45, 7) is 1.74. The molecule has 1 aliphatic heterocycles. The second-order valence-electron chi connectivity index (χ2n) is 8.67. The maximum atomic E-state index is 13.3. The molecule has 0 atom stereocenters. The number of aromatic amines is 1. The van der Waals surface area contributed by atoms with E-state index in [2.05, 4.69) is 10.2 Å². The van der Waals surface area contributed by atoms with Crippen molar-refractivity contribution in [3.8, 4) is 17.8 Å². The largest absolute Gasteiger partial charge is 0.294 e. The van der Waals surface area contributed by atoms with Crippen LogP contribution in [0.3, 0.4) is 0 Å². The first kappa shape index (κ1) is 29.1. The molecule has 0 aliphatic carbocycles. The molecule has 0 fully saturated rings. The third-order valence-electron chi connectivity index (χ3n) is 6.28. The van der Waals surface area contributed by atoms with E-state index in [0.717, 1.165) is 34.0 Å². The molecule has 0 saturated carbocycles. The van der Waals surface area contributed by atoms with E-state index in [0.29, 0.717) is 12.0 Å². The van der Waals surface area contributed by atoms with Crippen molar-refractivity contribution >= 4 is 37.5 Å². The Kier molecular flexibility index (Phi) is 7.78. The number of hydrazone groups is 1. The van der Waals surface area contributed by atoms with Crippen LogP contribution in [0.5, 0.6) is 0 Å². The third kappa shape index (κ3) is 5.72. The van der Waals surface area contributed by atoms with Crippen molar-refractivity contribution in [3.63, 3.8) is 0 Å². The third-order valence-corrected chi connectivity index (χ3v) is 8.01. The summed E-state index contributed by atoms with van der Waals surface area (Å²) in [7, 11) is -8.90. The van der Waals surface area contributed by atoms with E-state index in [-0.39, 0.29) is 56.5 Å². The molecular weight excluding hydrogens is 576 g/mol. The lowest BCUT2D eigenvalue weighted by atomic mass is 9.95. The van der Waals surface area contributed by atoms with E-state index >= 15 is 0 Å². The molecule has 2 aromatic carbocycles. The van der Waals surface area contributed by atoms with Crippen LogP contribution in [-0.2, 0) is 31.5 Å². The lowest BCUT2D eigenvalue weighted by Gasteiger charge is -2.13. The maximum absolute atomic E-state index is 13.3. The van der Waals surface area contributed by atoms with E-state index in [1.54, 1.807) is 6.92 Å². The van der Waals surface area contributed by atoms with Crippen LogP contribution in [0.1, 0.15) is 31.0 Å². The van der Waals surface area contributed by atoms with Crippen molar-refractivity contribution in [2.75, 3.05) is 5.01 Å². The van der Waals surface area contributed by atoms with Crippen molar-refractivity contribution in [1.82, 2.24) is 9.78 Å². The smallest absolute Gasteiger partial charge is 0.282 e. The fraction of sp³-hybridized carbons (Fsp3) is 0.160. The number of carbonyl (C=O) groups is 1. The number of nitrogens with zero attached hydrogens (tertiary/aromatic N) is 5. The van der Waals surface area contributed by atoms with Gasteiger partial charge in [0.1, 0.15) is 17.8 Å². The van der Waals surface area contributed by atoms with Gasteiger partial charge in [0.25, 0.3) is 31.7 Å². The summed E-state index contributed by atoms with van der Waals surface area (Å²) < 4.78 is 64.6. The fourth-order valence-corrected chi connectivity index (χ4v) is 5.19. The van der Waals surface area contributed by atoms with Gasteiger partial charge in [-0.05, 0) is 67.8 Å². The number of allylic oxidation sites excluding steroid dienone is 1. The summed E-state index contributed by atoms with van der Waals surface area (Å²) in [5.41, 5.74) is 0.134. The molecule has 1 aliphatic rings. The summed E-state index contributed by atoms with van der Waals surface area (Å²) in [6, 6.07) is 13.2. The Morgan fingerprint density at radius 2 is 1.44 bits per heavy atom. The number of carbonyl (C=O) groups excluding carboxylic acids is 1. The highest BCUT2D eigenvalue weighted by molar-refractivity contribution is 7.86. The van der Waals surface area contributed by atoms with Gasteiger partial charge in [0.15, 0.2) is 5.71 Å². The maximum Gasteiger partial charge on any atom is 0.294 e. The Morgan fingerprint density at radius 1 is 0.902 bits per heavy atom. The first-order valence-electron chi connectivity index (χ1n) is 11.7. The molecule has 0 radical (unpaired) electrons. The summed E-state index contributed by atoms with van der Waals surface area (Å²) in [5, 5.41) is 26.9. The number of amides is 1. The number of hydrogen-bond donors (Lipinski definition) is 3. The number of nitrogens with one attached hydrogen (secondary N) is 1. The zero-order chi connectivity index (χ0) is 30.1. The molecule has 0 spiro atoms. The van der Waals surface area contributed by atoms with Gasteiger partial charge in [-0.1, -0.05) is 12.5 Å². The summed E-state index contributed by atoms with van der Waals surface area (Å²) >= 11 is 0. The van der Waals surface area contributed by atoms with E-state index in [1.165, 1.54) is 24.3 Å². The number of anilines is 1. The van der Waals surface area contributed by atoms with E-state index in [4.69, 9.17) is 4.55 Å². The summed E-state index contributed by atoms with van der Waals surface area (Å²) in [6.07, 6.45) is 0.419. The van der Waals surface area contributed by atoms with Gasteiger partial charge in [-0.3, -0.25) is 23.8 Å². The number of benzene rings is 2. The number of nitriles is 2. The zero-order valence-electron chi connectivity index (χ0n) is 21.1. The van der Waals surface area contributed by atoms with Crippen molar-refractivity contribution < 1.29 is 30.7 Å². The van der Waals surface area contributed by atoms with Gasteiger partial charge in [-0.25, -0.2) is 4.68 Å². The Labute approximate surface area is 233 Å². The number of aromatic nitrogens is 2. The molecule has 1 aromatic heterocycles. The van der Waals surface area contributed by atoms with Crippen molar-refractivity contribution in [2.24, 2.45) is 5.10 Å². The van der Waals surface area contributed by atoms with Crippen LogP contribution in [0.25, 0.3) is 5.69 Å². The highest BCUT2D eigenvalue weighted by Crippen LogP contribution is 2.29. The van der Waals surface area contributed by atoms with Crippen LogP contribution in [-0.4, -0.2) is 47.3 Å². The van der Waals surface area contributed by atoms with E-state index < -0.39 is 31.7 Å². The Morgan fingerprint density at radius 3 is 1.90 bits per heavy atom. The van der Waals surface area contributed by atoms with Gasteiger partial charge < -0.3 is 0 Å². The zero-order valence-corrected chi connectivity index (χ0v) is 22.8. The van der Waals surface area contributed by atoms with Crippen LogP contribution in [0.4, 0.5) is 5.69 Å². The normalized spacial score (nSPS) is 14.9. The van der Waals surface area contributed by atoms with Crippen molar-refractivity contribution in [3.05, 3.63) is 81.3 Å². The van der Waals surface area contributed by atoms with Gasteiger partial charge >= 0.3 is 0 Å². The molecule has 4 rings (SSSR count). The van der Waals surface area contributed by atoms with Crippen LogP contribution in [0.15, 0.2) is 79.4 Å². The molecule has 3 aromatic rings. The molecule has 16 heteroatoms. The average Bonchev–Trinajstić information content (AvgIpc) is 3.44. The van der Waals surface area contributed by atoms with Gasteiger partial charge in [-0.15, -0.1) is 0 Å². The average molecular weight is 597 g/mol. The second kappa shape index (κ2) is 11.0. The van der Waals surface area contributed by atoms with Crippen LogP contribution >= 0.6 is 0 Å². The van der Waals surface area contributed by atoms with Crippen molar-refractivity contribution in [2.45, 2.75) is 36.0 Å². The Balaban J connectivity index is 1.65. The summed E-state index contributed by atoms with van der Waals surface area (Å²) in [4.78, 5) is 25.7. The fourth-order valence-electron chi connectivity index (χ4n) is 4.23. The topological polar surface area (TPSA) is 227 Å². The SMILES string of the molecule is CC/C(CCc1c(C#N)[nH]n(-c2ccc(S(=O)(=O)O)cc2)c1=O)=C1/C(=O)N(c2ccc(S(=O)(=O)O)cc2)N=C1C#N. The second-order valence-corrected chi connectivity index (χ2v) is 11.5. The first-order valence-corrected chi connectivity index (χ1v) is 14.6. The first-order chi connectivity index (χ1) is 19.3. The van der Waals surface area contributed by atoms with E-state index in [1.807, 2.05) is 12.1 Å². The monoisotopic (exact) mass is 596 g/mol. The molecule has 41 heavy (non-hydrogen) atoms. The van der Waals surface area contributed by atoms with Gasteiger partial charge in [0.2, 0.25) is 0 Å². The van der Waals surface area contributed by atoms with Gasteiger partial charge in [0, 0.05) is 0 Å². The highest BCUT2D eigenvalue weighted by Gasteiger charge is 2.34. The minimum absolute atomic E-state index is 0.00997. The molecule has 1 amide bonds. The molecule has 3 N–H and O–H groups in total. The molecule has 0 bridgehead atoms. The standard InChI is InChI=1S/C25H20N6O8S2/c1-2-15(23-22(14-27)29-31(25(23)33)17-6-10-19(11-7-17)41(37,38)39)3-12-20-21(13-26)28-30(24(20)32)16-4-8-18(9-5-16)40(34,35)36/h4-11,28H,2-3,12H2,1H3,(H,34,35,36)(H,37,38,39)/b23-15-. The molecule has 14 nitrogen and oxygen atoms in total. The van der Waals surface area contributed by atoms with E-state index in [9.17, 15) is 41.5 Å². The Bertz CT molecular complexity index is 1970. The number of hydrogen-bond acceptors (Lipinski definition) is 9. The molecule has 0 unspecified atom stereocenters. The molecular formula is C25H20N6O8S2. The molecule has 0 saturated heterocycles. The minimum atomic E-state index is -4.46. The van der Waals surface area contributed by atoms with Crippen LogP contribution in [0.2, 0.25) is 0 Å². The molecule has 210 valence electrons.